The molecule has 0 radical (unpaired) electrons. The van der Waals surface area contributed by atoms with Crippen LogP contribution in [0.1, 0.15) is 25.8 Å². The van der Waals surface area contributed by atoms with Gasteiger partial charge in [0.2, 0.25) is 0 Å². The molecule has 0 fully saturated rings. The van der Waals surface area contributed by atoms with Crippen molar-refractivity contribution in [2.45, 2.75) is 20.3 Å². The highest BCUT2D eigenvalue weighted by Crippen LogP contribution is 2.32. The standard InChI is InChI=1S/C15H16/c1-11-9-15(10-12(2)13(11)3)14-7-5-4-6-8-14/h4-8,10H,1,9H2,2-3H3. The number of hydrogen-bond acceptors (Lipinski definition) is 0. The second kappa shape index (κ2) is 3.90. The molecule has 0 N–H and O–H groups in total. The van der Waals surface area contributed by atoms with E-state index in [-0.39, 0.29) is 0 Å². The van der Waals surface area contributed by atoms with Crippen molar-refractivity contribution in [3.63, 3.8) is 0 Å². The lowest BCUT2D eigenvalue weighted by molar-refractivity contribution is 1.16. The Morgan fingerprint density at radius 2 is 1.73 bits per heavy atom. The second-order valence-electron chi connectivity index (χ2n) is 4.12. The Balaban J connectivity index is 2.42. The van der Waals surface area contributed by atoms with Gasteiger partial charge in [-0.3, -0.25) is 0 Å². The highest BCUT2D eigenvalue weighted by Gasteiger charge is 2.11. The van der Waals surface area contributed by atoms with Gasteiger partial charge in [0.05, 0.1) is 0 Å². The van der Waals surface area contributed by atoms with E-state index in [2.05, 4.69) is 56.8 Å². The quantitative estimate of drug-likeness (QED) is 0.625. The van der Waals surface area contributed by atoms with Gasteiger partial charge < -0.3 is 0 Å². The van der Waals surface area contributed by atoms with E-state index in [0.29, 0.717) is 0 Å². The molecule has 1 aromatic rings. The number of rotatable bonds is 1. The van der Waals surface area contributed by atoms with Crippen molar-refractivity contribution in [3.05, 3.63) is 65.3 Å². The lowest BCUT2D eigenvalue weighted by Gasteiger charge is -2.18. The van der Waals surface area contributed by atoms with Gasteiger partial charge >= 0.3 is 0 Å². The molecule has 2 rings (SSSR count). The predicted octanol–water partition coefficient (Wildman–Crippen LogP) is 4.37. The van der Waals surface area contributed by atoms with Gasteiger partial charge in [-0.2, -0.15) is 0 Å². The Morgan fingerprint density at radius 3 is 2.33 bits per heavy atom. The van der Waals surface area contributed by atoms with Crippen LogP contribution in [0.15, 0.2) is 59.7 Å². The lowest BCUT2D eigenvalue weighted by Crippen LogP contribution is -1.97. The van der Waals surface area contributed by atoms with Crippen LogP contribution < -0.4 is 0 Å². The SMILES string of the molecule is C=C1CC(c2ccccc2)=CC(C)=C1C. The van der Waals surface area contributed by atoms with Crippen molar-refractivity contribution in [2.24, 2.45) is 0 Å². The lowest BCUT2D eigenvalue weighted by atomic mass is 9.87. The van der Waals surface area contributed by atoms with Crippen LogP contribution in [0, 0.1) is 0 Å². The normalized spacial score (nSPS) is 16.7. The van der Waals surface area contributed by atoms with E-state index in [9.17, 15) is 0 Å². The van der Waals surface area contributed by atoms with Crippen LogP contribution in [0.3, 0.4) is 0 Å². The predicted molar refractivity (Wildman–Crippen MR) is 66.6 cm³/mol. The first kappa shape index (κ1) is 9.97. The summed E-state index contributed by atoms with van der Waals surface area (Å²) in [5.41, 5.74) is 6.61. The van der Waals surface area contributed by atoms with Gasteiger partial charge in [-0.15, -0.1) is 0 Å². The highest BCUT2D eigenvalue weighted by molar-refractivity contribution is 5.74. The third-order valence-corrected chi connectivity index (χ3v) is 3.06. The zero-order chi connectivity index (χ0) is 10.8. The zero-order valence-corrected chi connectivity index (χ0v) is 9.38. The minimum absolute atomic E-state index is 0.979. The Labute approximate surface area is 91.6 Å². The van der Waals surface area contributed by atoms with E-state index < -0.39 is 0 Å². The molecule has 76 valence electrons. The van der Waals surface area contributed by atoms with Crippen molar-refractivity contribution in [1.82, 2.24) is 0 Å². The van der Waals surface area contributed by atoms with Crippen LogP contribution >= 0.6 is 0 Å². The van der Waals surface area contributed by atoms with Gasteiger partial charge in [-0.1, -0.05) is 43.0 Å². The van der Waals surface area contributed by atoms with Crippen LogP contribution in [0.25, 0.3) is 5.57 Å². The fraction of sp³-hybridized carbons (Fsp3) is 0.200. The van der Waals surface area contributed by atoms with Crippen LogP contribution in [0.2, 0.25) is 0 Å². The van der Waals surface area contributed by atoms with Gasteiger partial charge in [-0.05, 0) is 48.1 Å². The summed E-state index contributed by atoms with van der Waals surface area (Å²) < 4.78 is 0. The van der Waals surface area contributed by atoms with Crippen LogP contribution in [-0.2, 0) is 0 Å². The summed E-state index contributed by atoms with van der Waals surface area (Å²) in [4.78, 5) is 0. The molecule has 0 saturated heterocycles. The number of hydrogen-bond donors (Lipinski definition) is 0. The maximum atomic E-state index is 4.12. The van der Waals surface area contributed by atoms with E-state index in [0.717, 1.165) is 6.42 Å². The number of allylic oxidation sites excluding steroid dienone is 5. The first-order valence-corrected chi connectivity index (χ1v) is 5.30. The van der Waals surface area contributed by atoms with E-state index in [1.165, 1.54) is 27.9 Å². The van der Waals surface area contributed by atoms with Crippen LogP contribution in [0.4, 0.5) is 0 Å². The summed E-state index contributed by atoms with van der Waals surface area (Å²) in [5.74, 6) is 0. The van der Waals surface area contributed by atoms with Crippen LogP contribution in [-0.4, -0.2) is 0 Å². The summed E-state index contributed by atoms with van der Waals surface area (Å²) in [6, 6.07) is 10.5. The average molecular weight is 196 g/mol. The molecule has 0 unspecified atom stereocenters. The van der Waals surface area contributed by atoms with Gasteiger partial charge in [0.25, 0.3) is 0 Å². The van der Waals surface area contributed by atoms with Crippen LogP contribution in [0.5, 0.6) is 0 Å². The smallest absolute Gasteiger partial charge is 0.00229 e. The van der Waals surface area contributed by atoms with Crippen molar-refractivity contribution >= 4 is 5.57 Å². The molecule has 0 bridgehead atoms. The molecule has 1 aliphatic rings. The Kier molecular flexibility index (Phi) is 2.59. The minimum Gasteiger partial charge on any atom is -0.0952 e. The summed E-state index contributed by atoms with van der Waals surface area (Å²) in [7, 11) is 0. The fourth-order valence-corrected chi connectivity index (χ4v) is 1.90. The molecule has 1 aliphatic carbocycles. The van der Waals surface area contributed by atoms with Crippen molar-refractivity contribution < 1.29 is 0 Å². The van der Waals surface area contributed by atoms with Gasteiger partial charge in [0.15, 0.2) is 0 Å². The third-order valence-electron chi connectivity index (χ3n) is 3.06. The third kappa shape index (κ3) is 1.94. The summed E-state index contributed by atoms with van der Waals surface area (Å²) in [6.07, 6.45) is 3.26. The highest BCUT2D eigenvalue weighted by atomic mass is 14.2. The minimum atomic E-state index is 0.979. The van der Waals surface area contributed by atoms with Crippen molar-refractivity contribution in [2.75, 3.05) is 0 Å². The first-order chi connectivity index (χ1) is 7.18. The van der Waals surface area contributed by atoms with E-state index in [1.54, 1.807) is 0 Å². The van der Waals surface area contributed by atoms with E-state index in [4.69, 9.17) is 0 Å². The van der Waals surface area contributed by atoms with Gasteiger partial charge in [0, 0.05) is 0 Å². The largest absolute Gasteiger partial charge is 0.0952 e. The molecule has 0 spiro atoms. The molecule has 0 amide bonds. The topological polar surface area (TPSA) is 0 Å². The van der Waals surface area contributed by atoms with Crippen molar-refractivity contribution in [3.8, 4) is 0 Å². The Bertz CT molecular complexity index is 444. The van der Waals surface area contributed by atoms with E-state index >= 15 is 0 Å². The number of benzene rings is 1. The average Bonchev–Trinajstić information content (AvgIpc) is 2.26. The maximum absolute atomic E-state index is 4.12. The molecule has 0 heterocycles. The second-order valence-corrected chi connectivity index (χ2v) is 4.12. The summed E-state index contributed by atoms with van der Waals surface area (Å²) in [6.45, 7) is 8.43. The molecule has 1 aromatic carbocycles. The molecule has 0 heteroatoms. The Hall–Kier alpha value is -1.56. The molecule has 0 atom stereocenters. The molecule has 0 nitrogen and oxygen atoms in total. The fourth-order valence-electron chi connectivity index (χ4n) is 1.90. The van der Waals surface area contributed by atoms with Gasteiger partial charge in [0.1, 0.15) is 0 Å². The monoisotopic (exact) mass is 196 g/mol. The molecule has 0 aromatic heterocycles. The molecule has 0 aliphatic heterocycles. The summed E-state index contributed by atoms with van der Waals surface area (Å²) >= 11 is 0. The maximum Gasteiger partial charge on any atom is -0.00229 e. The summed E-state index contributed by atoms with van der Waals surface area (Å²) in [5, 5.41) is 0. The van der Waals surface area contributed by atoms with E-state index in [1.807, 2.05) is 0 Å². The van der Waals surface area contributed by atoms with Crippen molar-refractivity contribution in [1.29, 1.82) is 0 Å². The zero-order valence-electron chi connectivity index (χ0n) is 9.38. The molecule has 15 heavy (non-hydrogen) atoms. The molecular weight excluding hydrogens is 180 g/mol. The molecular formula is C15H16. The Morgan fingerprint density at radius 1 is 1.07 bits per heavy atom. The molecule has 0 saturated carbocycles. The first-order valence-electron chi connectivity index (χ1n) is 5.30. The van der Waals surface area contributed by atoms with Gasteiger partial charge in [-0.25, -0.2) is 0 Å².